The smallest absolute Gasteiger partial charge is 0.219 e. The average Bonchev–Trinajstić information content (AvgIpc) is 2.60. The second-order valence-electron chi connectivity index (χ2n) is 5.89. The van der Waals surface area contributed by atoms with Gasteiger partial charge in [-0.1, -0.05) is 53.5 Å². The summed E-state index contributed by atoms with van der Waals surface area (Å²) in [4.78, 5) is -0.211. The fourth-order valence-corrected chi connectivity index (χ4v) is 5.65. The van der Waals surface area contributed by atoms with E-state index in [1.165, 1.54) is 14.2 Å². The van der Waals surface area contributed by atoms with E-state index in [2.05, 4.69) is 17.0 Å². The molecule has 7 heteroatoms. The van der Waals surface area contributed by atoms with Gasteiger partial charge < -0.3 is 9.47 Å². The van der Waals surface area contributed by atoms with Gasteiger partial charge in [0.15, 0.2) is 0 Å². The van der Waals surface area contributed by atoms with E-state index in [0.29, 0.717) is 19.6 Å². The summed E-state index contributed by atoms with van der Waals surface area (Å²) in [5.41, 5.74) is 1.15. The second kappa shape index (κ2) is 6.06. The lowest BCUT2D eigenvalue weighted by Crippen LogP contribution is -2.71. The Morgan fingerprint density at radius 3 is 1.87 bits per heavy atom. The van der Waals surface area contributed by atoms with E-state index >= 15 is 0 Å². The standard InChI is InChI=1S/C16H17Cl4NO2/c1-22-16(23-2)14(19)9-21(8-11-6-4-3-5-7-11)10-15(16,20)13(18)12(14)17/h3-7H,8-10H2,1-2H3. The molecule has 1 fully saturated rings. The molecule has 2 unspecified atom stereocenters. The van der Waals surface area contributed by atoms with Crippen molar-refractivity contribution in [2.75, 3.05) is 27.3 Å². The maximum atomic E-state index is 6.87. The molecule has 0 saturated carbocycles. The molecule has 0 aromatic heterocycles. The number of ether oxygens (including phenoxy) is 2. The topological polar surface area (TPSA) is 21.7 Å². The molecule has 1 aromatic rings. The van der Waals surface area contributed by atoms with E-state index in [1.54, 1.807) is 0 Å². The molecule has 0 amide bonds. The highest BCUT2D eigenvalue weighted by molar-refractivity contribution is 6.51. The molecule has 1 heterocycles. The Balaban J connectivity index is 1.99. The number of alkyl halides is 2. The summed E-state index contributed by atoms with van der Waals surface area (Å²) < 4.78 is 11.3. The molecule has 126 valence electrons. The van der Waals surface area contributed by atoms with Crippen LogP contribution in [0.25, 0.3) is 0 Å². The first kappa shape index (κ1) is 17.8. The van der Waals surface area contributed by atoms with Gasteiger partial charge in [-0.25, -0.2) is 0 Å². The predicted molar refractivity (Wildman–Crippen MR) is 94.4 cm³/mol. The summed E-state index contributed by atoms with van der Waals surface area (Å²) in [5, 5.41) is 0.574. The Hall–Kier alpha value is -0.000000000000000167. The third kappa shape index (κ3) is 2.29. The van der Waals surface area contributed by atoms with Crippen LogP contribution in [0.3, 0.4) is 0 Å². The molecule has 0 N–H and O–H groups in total. The fourth-order valence-electron chi connectivity index (χ4n) is 3.65. The highest BCUT2D eigenvalue weighted by Crippen LogP contribution is 2.63. The van der Waals surface area contributed by atoms with E-state index in [-0.39, 0.29) is 10.1 Å². The highest BCUT2D eigenvalue weighted by atomic mass is 35.5. The van der Waals surface area contributed by atoms with Crippen LogP contribution in [0.4, 0.5) is 0 Å². The average molecular weight is 397 g/mol. The summed E-state index contributed by atoms with van der Waals surface area (Å²) in [6, 6.07) is 10.1. The van der Waals surface area contributed by atoms with Crippen molar-refractivity contribution >= 4 is 46.4 Å². The SMILES string of the molecule is COC1(OC)C2(Cl)CN(Cc3ccccc3)CC1(Cl)C(Cl)=C2Cl. The molecule has 1 aliphatic carbocycles. The molecule has 3 nitrogen and oxygen atoms in total. The van der Waals surface area contributed by atoms with Crippen LogP contribution in [0, 0.1) is 0 Å². The number of methoxy groups -OCH3 is 2. The zero-order valence-electron chi connectivity index (χ0n) is 12.8. The van der Waals surface area contributed by atoms with E-state index in [4.69, 9.17) is 55.9 Å². The lowest BCUT2D eigenvalue weighted by molar-refractivity contribution is -0.248. The Morgan fingerprint density at radius 2 is 1.43 bits per heavy atom. The van der Waals surface area contributed by atoms with Crippen molar-refractivity contribution in [3.8, 4) is 0 Å². The molecule has 2 aliphatic rings. The number of likely N-dealkylation sites (tertiary alicyclic amines) is 1. The largest absolute Gasteiger partial charge is 0.349 e. The molecule has 1 aliphatic heterocycles. The molecule has 1 aromatic carbocycles. The summed E-state index contributed by atoms with van der Waals surface area (Å²) >= 11 is 26.6. The molecular formula is C16H17Cl4NO2. The summed E-state index contributed by atoms with van der Waals surface area (Å²) in [5.74, 6) is -1.32. The molecule has 23 heavy (non-hydrogen) atoms. The van der Waals surface area contributed by atoms with Gasteiger partial charge in [0.1, 0.15) is 9.75 Å². The minimum Gasteiger partial charge on any atom is -0.349 e. The first-order valence-electron chi connectivity index (χ1n) is 7.15. The van der Waals surface area contributed by atoms with Crippen molar-refractivity contribution in [3.05, 3.63) is 46.0 Å². The van der Waals surface area contributed by atoms with Crippen molar-refractivity contribution in [1.82, 2.24) is 4.90 Å². The van der Waals surface area contributed by atoms with Gasteiger partial charge in [-0.05, 0) is 5.56 Å². The van der Waals surface area contributed by atoms with Crippen LogP contribution in [-0.2, 0) is 16.0 Å². The maximum absolute atomic E-state index is 6.87. The minimum absolute atomic E-state index is 0.287. The zero-order valence-corrected chi connectivity index (χ0v) is 15.8. The number of rotatable bonds is 4. The Morgan fingerprint density at radius 1 is 0.957 bits per heavy atom. The molecular weight excluding hydrogens is 380 g/mol. The van der Waals surface area contributed by atoms with Gasteiger partial charge in [0.2, 0.25) is 5.79 Å². The first-order valence-corrected chi connectivity index (χ1v) is 8.66. The van der Waals surface area contributed by atoms with Gasteiger partial charge in [-0.15, -0.1) is 23.2 Å². The Kier molecular flexibility index (Phi) is 4.70. The lowest BCUT2D eigenvalue weighted by Gasteiger charge is -2.53. The molecule has 0 radical (unpaired) electrons. The fraction of sp³-hybridized carbons (Fsp3) is 0.500. The first-order chi connectivity index (χ1) is 10.8. The minimum atomic E-state index is -1.32. The number of hydrogen-bond donors (Lipinski definition) is 0. The summed E-state index contributed by atoms with van der Waals surface area (Å²) in [6.07, 6.45) is 0. The van der Waals surface area contributed by atoms with Crippen molar-refractivity contribution in [1.29, 1.82) is 0 Å². The van der Waals surface area contributed by atoms with Gasteiger partial charge >= 0.3 is 0 Å². The molecule has 2 bridgehead atoms. The number of nitrogens with zero attached hydrogens (tertiary/aromatic N) is 1. The van der Waals surface area contributed by atoms with E-state index in [9.17, 15) is 0 Å². The second-order valence-corrected chi connectivity index (χ2v) is 7.93. The number of fused-ring (bicyclic) bond motifs is 2. The molecule has 0 spiro atoms. The van der Waals surface area contributed by atoms with Crippen molar-refractivity contribution in [2.24, 2.45) is 0 Å². The summed E-state index contributed by atoms with van der Waals surface area (Å²) in [7, 11) is 3.01. The molecule has 1 saturated heterocycles. The van der Waals surface area contributed by atoms with E-state index in [0.717, 1.165) is 5.56 Å². The van der Waals surface area contributed by atoms with Crippen LogP contribution in [-0.4, -0.2) is 47.7 Å². The third-order valence-electron chi connectivity index (χ3n) is 4.64. The number of benzene rings is 1. The monoisotopic (exact) mass is 395 g/mol. The van der Waals surface area contributed by atoms with Crippen LogP contribution >= 0.6 is 46.4 Å². The quantitative estimate of drug-likeness (QED) is 0.563. The van der Waals surface area contributed by atoms with Crippen molar-refractivity contribution in [3.63, 3.8) is 0 Å². The zero-order chi connectivity index (χ0) is 16.9. The number of halogens is 4. The van der Waals surface area contributed by atoms with Gasteiger partial charge in [0.25, 0.3) is 0 Å². The molecule has 2 atom stereocenters. The number of hydrogen-bond acceptors (Lipinski definition) is 3. The Labute approximate surface area is 156 Å². The van der Waals surface area contributed by atoms with Gasteiger partial charge in [-0.3, -0.25) is 4.90 Å². The maximum Gasteiger partial charge on any atom is 0.219 e. The van der Waals surface area contributed by atoms with Gasteiger partial charge in [-0.2, -0.15) is 0 Å². The molecule has 3 rings (SSSR count). The van der Waals surface area contributed by atoms with E-state index in [1.807, 2.05) is 18.2 Å². The van der Waals surface area contributed by atoms with Crippen LogP contribution in [0.1, 0.15) is 5.56 Å². The van der Waals surface area contributed by atoms with Crippen molar-refractivity contribution < 1.29 is 9.47 Å². The van der Waals surface area contributed by atoms with Crippen molar-refractivity contribution in [2.45, 2.75) is 22.1 Å². The van der Waals surface area contributed by atoms with Crippen LogP contribution < -0.4 is 0 Å². The summed E-state index contributed by atoms with van der Waals surface area (Å²) in [6.45, 7) is 1.50. The van der Waals surface area contributed by atoms with Crippen LogP contribution in [0.5, 0.6) is 0 Å². The van der Waals surface area contributed by atoms with E-state index < -0.39 is 15.5 Å². The predicted octanol–water partition coefficient (Wildman–Crippen LogP) is 4.15. The van der Waals surface area contributed by atoms with Gasteiger partial charge in [0, 0.05) is 33.9 Å². The van der Waals surface area contributed by atoms with Crippen LogP contribution in [0.2, 0.25) is 0 Å². The van der Waals surface area contributed by atoms with Gasteiger partial charge in [0.05, 0.1) is 10.1 Å². The normalized spacial score (nSPS) is 33.3. The Bertz CT molecular complexity index is 604. The van der Waals surface area contributed by atoms with Crippen LogP contribution in [0.15, 0.2) is 40.4 Å². The lowest BCUT2D eigenvalue weighted by atomic mass is 9.86. The number of piperidine rings is 1. The highest BCUT2D eigenvalue weighted by Gasteiger charge is 2.75. The third-order valence-corrected chi connectivity index (χ3v) is 7.07.